The number of nitrogens with zero attached hydrogens (tertiary/aromatic N) is 3. The molecule has 0 amide bonds. The molecule has 3 aromatic rings. The van der Waals surface area contributed by atoms with Gasteiger partial charge in [0, 0.05) is 5.39 Å². The van der Waals surface area contributed by atoms with E-state index in [0.717, 1.165) is 22.1 Å². The lowest BCUT2D eigenvalue weighted by molar-refractivity contribution is 0.00578. The summed E-state index contributed by atoms with van der Waals surface area (Å²) in [6.45, 7) is 8.23. The Kier molecular flexibility index (Phi) is 4.22. The van der Waals surface area contributed by atoms with Crippen LogP contribution < -0.4 is 5.46 Å². The van der Waals surface area contributed by atoms with E-state index in [1.165, 1.54) is 6.39 Å². The van der Waals surface area contributed by atoms with Gasteiger partial charge < -0.3 is 13.7 Å². The molecule has 1 aliphatic heterocycles. The molecule has 0 spiro atoms. The lowest BCUT2D eigenvalue weighted by atomic mass is 9.78. The molecule has 1 aromatic carbocycles. The van der Waals surface area contributed by atoms with Gasteiger partial charge in [-0.3, -0.25) is 0 Å². The first kappa shape index (κ1) is 17.5. The van der Waals surface area contributed by atoms with E-state index in [0.29, 0.717) is 12.1 Å². The number of oxazole rings is 1. The van der Waals surface area contributed by atoms with Crippen LogP contribution in [0, 0.1) is 0 Å². The van der Waals surface area contributed by atoms with E-state index in [1.807, 2.05) is 10.5 Å². The van der Waals surface area contributed by atoms with E-state index in [-0.39, 0.29) is 11.2 Å². The minimum absolute atomic E-state index is 0.367. The Morgan fingerprint density at radius 3 is 2.48 bits per heavy atom. The van der Waals surface area contributed by atoms with Crippen LogP contribution in [0.2, 0.25) is 0 Å². The first-order valence-electron chi connectivity index (χ1n) is 7.96. The number of aromatic nitrogens is 3. The zero-order chi connectivity index (χ0) is 17.8. The van der Waals surface area contributed by atoms with Gasteiger partial charge in [-0.25, -0.2) is 9.44 Å². The molecule has 1 atom stereocenters. The zero-order valence-corrected chi connectivity index (χ0v) is 17.6. The highest BCUT2D eigenvalue weighted by Crippen LogP contribution is 2.38. The molecule has 2 aromatic heterocycles. The Morgan fingerprint density at radius 2 is 1.88 bits per heavy atom. The van der Waals surface area contributed by atoms with Crippen molar-refractivity contribution in [3.63, 3.8) is 0 Å². The number of hydrogen-bond acceptors (Lipinski definition) is 5. The molecule has 1 aliphatic rings. The summed E-state index contributed by atoms with van der Waals surface area (Å²) in [6.07, 6.45) is 3.60. The maximum atomic E-state index is 6.18. The van der Waals surface area contributed by atoms with Crippen LogP contribution in [0.5, 0.6) is 0 Å². The van der Waals surface area contributed by atoms with Gasteiger partial charge in [-0.1, -0.05) is 12.1 Å². The van der Waals surface area contributed by atoms with Crippen LogP contribution in [0.25, 0.3) is 22.4 Å². The van der Waals surface area contributed by atoms with Crippen molar-refractivity contribution in [2.45, 2.75) is 38.9 Å². The van der Waals surface area contributed by atoms with E-state index in [2.05, 4.69) is 72.0 Å². The van der Waals surface area contributed by atoms with Crippen molar-refractivity contribution in [3.05, 3.63) is 30.8 Å². The lowest BCUT2D eigenvalue weighted by Gasteiger charge is -2.32. The number of hydrogen-bond donors (Lipinski definition) is 0. The van der Waals surface area contributed by atoms with Crippen molar-refractivity contribution < 1.29 is 13.7 Å². The summed E-state index contributed by atoms with van der Waals surface area (Å²) in [6, 6.07) is 6.19. The molecular weight excluding hydrogens is 451 g/mol. The van der Waals surface area contributed by atoms with Crippen molar-refractivity contribution in [2.75, 3.05) is 0 Å². The summed E-state index contributed by atoms with van der Waals surface area (Å²) in [4.78, 5) is 4.01. The molecule has 0 radical (unpaired) electrons. The second-order valence-electron chi connectivity index (χ2n) is 7.08. The van der Waals surface area contributed by atoms with Crippen molar-refractivity contribution in [2.24, 2.45) is 0 Å². The van der Waals surface area contributed by atoms with Crippen molar-refractivity contribution in [3.8, 4) is 11.5 Å². The Hall–Kier alpha value is -0.955. The highest BCUT2D eigenvalue weighted by atomic mass is 127. The number of benzene rings is 1. The van der Waals surface area contributed by atoms with Crippen LogP contribution in [0.4, 0.5) is 0 Å². The van der Waals surface area contributed by atoms with E-state index in [9.17, 15) is 0 Å². The van der Waals surface area contributed by atoms with Crippen molar-refractivity contribution in [1.29, 1.82) is 0 Å². The van der Waals surface area contributed by atoms with E-state index in [4.69, 9.17) is 13.7 Å². The monoisotopic (exact) mass is 469 g/mol. The molecule has 0 aliphatic carbocycles. The molecule has 0 N–H and O–H groups in total. The minimum Gasteiger partial charge on any atom is -0.442 e. The highest BCUT2D eigenvalue weighted by Gasteiger charge is 2.51. The molecule has 130 valence electrons. The van der Waals surface area contributed by atoms with Crippen LogP contribution in [0.15, 0.2) is 35.2 Å². The topological polar surface area (TPSA) is 62.3 Å². The van der Waals surface area contributed by atoms with Crippen LogP contribution in [0.3, 0.4) is 0 Å². The average Bonchev–Trinajstić information content (AvgIpc) is 3.24. The van der Waals surface area contributed by atoms with Crippen LogP contribution in [-0.2, 0) is 9.31 Å². The summed E-state index contributed by atoms with van der Waals surface area (Å²) in [7, 11) is -0.401. The molecule has 0 saturated carbocycles. The Morgan fingerprint density at radius 1 is 1.16 bits per heavy atom. The first-order valence-corrected chi connectivity index (χ1v) is 12.0. The van der Waals surface area contributed by atoms with Crippen LogP contribution >= 0.6 is 28.4 Å². The van der Waals surface area contributed by atoms with Crippen LogP contribution in [0.1, 0.15) is 27.7 Å². The van der Waals surface area contributed by atoms with Crippen molar-refractivity contribution >= 4 is 51.9 Å². The third-order valence-corrected chi connectivity index (χ3v) is 6.85. The third-order valence-electron chi connectivity index (χ3n) is 4.98. The van der Waals surface area contributed by atoms with E-state index < -0.39 is 7.12 Å². The van der Waals surface area contributed by atoms with Crippen molar-refractivity contribution in [1.82, 2.24) is 14.5 Å². The molecule has 4 rings (SSSR count). The fourth-order valence-corrected chi connectivity index (χ4v) is 4.37. The summed E-state index contributed by atoms with van der Waals surface area (Å²) in [5, 5.41) is 5.69. The Balaban J connectivity index is 1.82. The molecule has 1 fully saturated rings. The second-order valence-corrected chi connectivity index (χ2v) is 9.12. The maximum Gasteiger partial charge on any atom is 0.494 e. The molecule has 25 heavy (non-hydrogen) atoms. The quantitative estimate of drug-likeness (QED) is 0.332. The smallest absolute Gasteiger partial charge is 0.442 e. The third kappa shape index (κ3) is 2.83. The summed E-state index contributed by atoms with van der Waals surface area (Å²) in [5.41, 5.74) is 2.08. The summed E-state index contributed by atoms with van der Waals surface area (Å²) < 4.78 is 19.8. The fraction of sp³-hybridized carbons (Fsp3) is 0.375. The average molecular weight is 469 g/mol. The molecule has 1 saturated heterocycles. The molecule has 0 bridgehead atoms. The standard InChI is InChI=1S/C16H18BIN3O3P/c1-15(2)16(3,4)24-17(23-15)10-5-6-12-11(7-10)14(20-21(12)25-18)13-8-19-9-22-13/h5-9,25H,1-4H3. The first-order chi connectivity index (χ1) is 11.8. The summed E-state index contributed by atoms with van der Waals surface area (Å²) in [5.74, 6) is 0.657. The SMILES string of the molecule is CC1(C)OB(c2ccc3c(c2)c(-c2cnco2)nn3PI)OC1(C)C. The van der Waals surface area contributed by atoms with Gasteiger partial charge >= 0.3 is 7.12 Å². The minimum atomic E-state index is -0.401. The largest absolute Gasteiger partial charge is 0.494 e. The van der Waals surface area contributed by atoms with Gasteiger partial charge in [-0.05, 0) is 61.3 Å². The van der Waals surface area contributed by atoms with Gasteiger partial charge in [0.25, 0.3) is 0 Å². The number of rotatable bonds is 3. The van der Waals surface area contributed by atoms with Gasteiger partial charge in [0.15, 0.2) is 12.2 Å². The molecule has 9 heteroatoms. The van der Waals surface area contributed by atoms with Crippen LogP contribution in [-0.4, -0.2) is 32.9 Å². The molecule has 3 heterocycles. The molecular formula is C16H18BIN3O3P. The lowest BCUT2D eigenvalue weighted by Crippen LogP contribution is -2.41. The number of fused-ring (bicyclic) bond motifs is 1. The van der Waals surface area contributed by atoms with Gasteiger partial charge in [-0.2, -0.15) is 5.10 Å². The van der Waals surface area contributed by atoms with Gasteiger partial charge in [-0.15, -0.1) is 0 Å². The van der Waals surface area contributed by atoms with Gasteiger partial charge in [0.2, 0.25) is 0 Å². The zero-order valence-electron chi connectivity index (χ0n) is 14.4. The van der Waals surface area contributed by atoms with Gasteiger partial charge in [0.05, 0.1) is 29.3 Å². The summed E-state index contributed by atoms with van der Waals surface area (Å²) >= 11 is 2.32. The Bertz CT molecular complexity index is 910. The predicted molar refractivity (Wildman–Crippen MR) is 109 cm³/mol. The molecule has 6 nitrogen and oxygen atoms in total. The Labute approximate surface area is 161 Å². The van der Waals surface area contributed by atoms with Gasteiger partial charge in [0.1, 0.15) is 5.69 Å². The molecule has 1 unspecified atom stereocenters. The fourth-order valence-electron chi connectivity index (χ4n) is 2.84. The van der Waals surface area contributed by atoms with E-state index in [1.54, 1.807) is 6.20 Å². The number of halogens is 1. The predicted octanol–water partition coefficient (Wildman–Crippen LogP) is 3.78. The normalized spacial score (nSPS) is 19.5. The second kappa shape index (κ2) is 6.04. The maximum absolute atomic E-state index is 6.18. The van der Waals surface area contributed by atoms with E-state index >= 15 is 0 Å². The highest BCUT2D eigenvalue weighted by molar-refractivity contribution is 14.2.